The van der Waals surface area contributed by atoms with Crippen LogP contribution < -0.4 is 10.2 Å². The molecule has 1 aromatic heterocycles. The Balaban J connectivity index is 1.54. The number of hydrogen-bond donors (Lipinski definition) is 2. The molecule has 2 aromatic rings. The van der Waals surface area contributed by atoms with Crippen LogP contribution in [0.25, 0.3) is 11.1 Å². The lowest BCUT2D eigenvalue weighted by Crippen LogP contribution is -2.35. The lowest BCUT2D eigenvalue weighted by atomic mass is 9.93. The number of carboxylic acid groups (broad SMARTS) is 1. The molecule has 0 bridgehead atoms. The van der Waals surface area contributed by atoms with Crippen molar-refractivity contribution in [2.45, 2.75) is 19.3 Å². The van der Waals surface area contributed by atoms with Crippen molar-refractivity contribution >= 4 is 11.9 Å². The van der Waals surface area contributed by atoms with Crippen LogP contribution in [0.15, 0.2) is 42.6 Å². The monoisotopic (exact) mass is 350 g/mol. The van der Waals surface area contributed by atoms with E-state index in [1.807, 2.05) is 36.5 Å². The lowest BCUT2D eigenvalue weighted by Gasteiger charge is -2.32. The van der Waals surface area contributed by atoms with Crippen molar-refractivity contribution in [2.75, 3.05) is 24.5 Å². The molecule has 0 unspecified atom stereocenters. The van der Waals surface area contributed by atoms with Crippen LogP contribution in [-0.2, 0) is 0 Å². The van der Waals surface area contributed by atoms with E-state index >= 15 is 0 Å². The molecule has 1 fully saturated rings. The Morgan fingerprint density at radius 1 is 1.19 bits per heavy atom. The van der Waals surface area contributed by atoms with Crippen LogP contribution in [0, 0.1) is 17.2 Å². The predicted octanol–water partition coefficient (Wildman–Crippen LogP) is 3.49. The Bertz CT molecular complexity index is 773. The largest absolute Gasteiger partial charge is 0.465 e. The van der Waals surface area contributed by atoms with Gasteiger partial charge >= 0.3 is 6.09 Å². The number of hydrogen-bond acceptors (Lipinski definition) is 4. The van der Waals surface area contributed by atoms with E-state index in [0.29, 0.717) is 18.0 Å². The minimum atomic E-state index is -0.950. The zero-order chi connectivity index (χ0) is 18.4. The molecule has 2 N–H and O–H groups in total. The van der Waals surface area contributed by atoms with Gasteiger partial charge in [0.05, 0.1) is 11.6 Å². The number of nitriles is 1. The summed E-state index contributed by atoms with van der Waals surface area (Å²) in [5.74, 6) is 1.54. The van der Waals surface area contributed by atoms with Gasteiger partial charge in [-0.2, -0.15) is 5.26 Å². The highest BCUT2D eigenvalue weighted by Gasteiger charge is 2.20. The molecule has 1 amide bonds. The molecule has 26 heavy (non-hydrogen) atoms. The number of amides is 1. The summed E-state index contributed by atoms with van der Waals surface area (Å²) >= 11 is 0. The highest BCUT2D eigenvalue weighted by molar-refractivity contribution is 5.65. The SMILES string of the molecule is N#Cc1ccc(-c2ccc(N3CCC(CCNC(=O)O)CC3)nc2)cc1. The van der Waals surface area contributed by atoms with Crippen molar-refractivity contribution in [2.24, 2.45) is 5.92 Å². The minimum absolute atomic E-state index is 0.525. The topological polar surface area (TPSA) is 89.2 Å². The molecule has 134 valence electrons. The first kappa shape index (κ1) is 17.7. The lowest BCUT2D eigenvalue weighted by molar-refractivity contribution is 0.193. The maximum Gasteiger partial charge on any atom is 0.404 e. The maximum absolute atomic E-state index is 10.5. The Morgan fingerprint density at radius 3 is 2.46 bits per heavy atom. The number of rotatable bonds is 5. The molecule has 1 aliphatic rings. The number of anilines is 1. The molecule has 1 aromatic carbocycles. The van der Waals surface area contributed by atoms with Crippen LogP contribution in [0.2, 0.25) is 0 Å². The molecule has 1 saturated heterocycles. The van der Waals surface area contributed by atoms with Crippen LogP contribution in [0.5, 0.6) is 0 Å². The van der Waals surface area contributed by atoms with Gasteiger partial charge in [-0.25, -0.2) is 9.78 Å². The highest BCUT2D eigenvalue weighted by atomic mass is 16.4. The van der Waals surface area contributed by atoms with Crippen molar-refractivity contribution in [1.82, 2.24) is 10.3 Å². The molecule has 2 heterocycles. The summed E-state index contributed by atoms with van der Waals surface area (Å²) in [6.45, 7) is 2.42. The minimum Gasteiger partial charge on any atom is -0.465 e. The van der Waals surface area contributed by atoms with Crippen LogP contribution >= 0.6 is 0 Å². The number of pyridine rings is 1. The molecule has 6 heteroatoms. The van der Waals surface area contributed by atoms with E-state index in [2.05, 4.69) is 27.3 Å². The van der Waals surface area contributed by atoms with Gasteiger partial charge in [-0.3, -0.25) is 0 Å². The third kappa shape index (κ3) is 4.51. The van der Waals surface area contributed by atoms with Crippen LogP contribution in [0.1, 0.15) is 24.8 Å². The first-order chi connectivity index (χ1) is 12.7. The fourth-order valence-electron chi connectivity index (χ4n) is 3.32. The number of benzene rings is 1. The summed E-state index contributed by atoms with van der Waals surface area (Å²) in [7, 11) is 0. The Kier molecular flexibility index (Phi) is 5.69. The second kappa shape index (κ2) is 8.34. The van der Waals surface area contributed by atoms with Gasteiger partial charge in [0.25, 0.3) is 0 Å². The number of nitrogens with one attached hydrogen (secondary N) is 1. The van der Waals surface area contributed by atoms with Gasteiger partial charge in [0.1, 0.15) is 5.82 Å². The molecule has 3 rings (SSSR count). The van der Waals surface area contributed by atoms with E-state index in [4.69, 9.17) is 10.4 Å². The van der Waals surface area contributed by atoms with Crippen molar-refractivity contribution in [3.05, 3.63) is 48.2 Å². The van der Waals surface area contributed by atoms with Crippen molar-refractivity contribution in [1.29, 1.82) is 5.26 Å². The summed E-state index contributed by atoms with van der Waals surface area (Å²) in [5.41, 5.74) is 2.74. The van der Waals surface area contributed by atoms with E-state index in [9.17, 15) is 4.79 Å². The Hall–Kier alpha value is -3.07. The summed E-state index contributed by atoms with van der Waals surface area (Å²) in [5, 5.41) is 19.9. The smallest absolute Gasteiger partial charge is 0.404 e. The van der Waals surface area contributed by atoms with E-state index < -0.39 is 6.09 Å². The fraction of sp³-hybridized carbons (Fsp3) is 0.350. The van der Waals surface area contributed by atoms with E-state index in [1.54, 1.807) is 0 Å². The van der Waals surface area contributed by atoms with Gasteiger partial charge in [-0.15, -0.1) is 0 Å². The standard InChI is InChI=1S/C20H22N4O2/c21-13-16-1-3-17(4-2-16)18-5-6-19(23-14-18)24-11-8-15(9-12-24)7-10-22-20(25)26/h1-6,14-15,22H,7-12H2,(H,25,26). The van der Waals surface area contributed by atoms with Gasteiger partial charge in [0, 0.05) is 31.4 Å². The normalized spacial score (nSPS) is 14.7. The second-order valence-electron chi connectivity index (χ2n) is 6.55. The second-order valence-corrected chi connectivity index (χ2v) is 6.55. The first-order valence-electron chi connectivity index (χ1n) is 8.84. The molecule has 0 atom stereocenters. The molecule has 0 radical (unpaired) electrons. The molecule has 0 aliphatic carbocycles. The number of carbonyl (C=O) groups is 1. The molecule has 0 spiro atoms. The predicted molar refractivity (Wildman–Crippen MR) is 100.0 cm³/mol. The van der Waals surface area contributed by atoms with Gasteiger partial charge < -0.3 is 15.3 Å². The molecule has 1 aliphatic heterocycles. The summed E-state index contributed by atoms with van der Waals surface area (Å²) in [4.78, 5) is 17.4. The zero-order valence-electron chi connectivity index (χ0n) is 14.6. The van der Waals surface area contributed by atoms with Crippen molar-refractivity contribution in [3.63, 3.8) is 0 Å². The summed E-state index contributed by atoms with van der Waals surface area (Å²) < 4.78 is 0. The van der Waals surface area contributed by atoms with Crippen LogP contribution in [0.4, 0.5) is 10.6 Å². The fourth-order valence-corrected chi connectivity index (χ4v) is 3.32. The number of piperidine rings is 1. The van der Waals surface area contributed by atoms with E-state index in [-0.39, 0.29) is 0 Å². The first-order valence-corrected chi connectivity index (χ1v) is 8.84. The van der Waals surface area contributed by atoms with Crippen molar-refractivity contribution < 1.29 is 9.90 Å². The van der Waals surface area contributed by atoms with Gasteiger partial charge in [0.15, 0.2) is 0 Å². The van der Waals surface area contributed by atoms with E-state index in [1.165, 1.54) is 0 Å². The zero-order valence-corrected chi connectivity index (χ0v) is 14.6. The van der Waals surface area contributed by atoms with Gasteiger partial charge in [0.2, 0.25) is 0 Å². The maximum atomic E-state index is 10.5. The molecule has 6 nitrogen and oxygen atoms in total. The number of aromatic nitrogens is 1. The Labute approximate surface area is 153 Å². The van der Waals surface area contributed by atoms with Crippen molar-refractivity contribution in [3.8, 4) is 17.2 Å². The highest BCUT2D eigenvalue weighted by Crippen LogP contribution is 2.26. The molecule has 0 saturated carbocycles. The Morgan fingerprint density at radius 2 is 1.88 bits per heavy atom. The molecular formula is C20H22N4O2. The average Bonchev–Trinajstić information content (AvgIpc) is 2.68. The summed E-state index contributed by atoms with van der Waals surface area (Å²) in [6, 6.07) is 13.7. The number of nitrogens with zero attached hydrogens (tertiary/aromatic N) is 3. The van der Waals surface area contributed by atoms with Crippen LogP contribution in [-0.4, -0.2) is 35.8 Å². The summed E-state index contributed by atoms with van der Waals surface area (Å²) in [6.07, 6.45) is 3.93. The van der Waals surface area contributed by atoms with Crippen LogP contribution in [0.3, 0.4) is 0 Å². The van der Waals surface area contributed by atoms with Gasteiger partial charge in [-0.1, -0.05) is 12.1 Å². The van der Waals surface area contributed by atoms with E-state index in [0.717, 1.165) is 49.3 Å². The third-order valence-electron chi connectivity index (χ3n) is 4.86. The van der Waals surface area contributed by atoms with Gasteiger partial charge in [-0.05, 0) is 55.0 Å². The quantitative estimate of drug-likeness (QED) is 0.861. The average molecular weight is 350 g/mol. The third-order valence-corrected chi connectivity index (χ3v) is 4.86. The molecular weight excluding hydrogens is 328 g/mol.